The molecule has 0 aliphatic heterocycles. The summed E-state index contributed by atoms with van der Waals surface area (Å²) in [6.07, 6.45) is -0.693. The third-order valence-electron chi connectivity index (χ3n) is 4.64. The SMILES string of the molecule is Cc1nc(N[C@H](C)c2cccc(C(F)F)c2F)c2cc(Br)c(OC3CC3)nc2n1. The van der Waals surface area contributed by atoms with Gasteiger partial charge < -0.3 is 10.1 Å². The molecule has 9 heteroatoms. The number of fused-ring (bicyclic) bond motifs is 1. The lowest BCUT2D eigenvalue weighted by molar-refractivity contribution is 0.146. The van der Waals surface area contributed by atoms with Crippen molar-refractivity contribution in [3.05, 3.63) is 51.5 Å². The van der Waals surface area contributed by atoms with Gasteiger partial charge >= 0.3 is 0 Å². The summed E-state index contributed by atoms with van der Waals surface area (Å²) in [5, 5.41) is 3.72. The van der Waals surface area contributed by atoms with Crippen molar-refractivity contribution in [1.29, 1.82) is 0 Å². The molecule has 29 heavy (non-hydrogen) atoms. The summed E-state index contributed by atoms with van der Waals surface area (Å²) in [5.74, 6) is 0.457. The Balaban J connectivity index is 1.70. The van der Waals surface area contributed by atoms with E-state index in [1.54, 1.807) is 19.9 Å². The first-order valence-electron chi connectivity index (χ1n) is 9.18. The maximum Gasteiger partial charge on any atom is 0.266 e. The van der Waals surface area contributed by atoms with Crippen molar-refractivity contribution in [2.45, 2.75) is 45.3 Å². The van der Waals surface area contributed by atoms with E-state index in [4.69, 9.17) is 4.74 Å². The van der Waals surface area contributed by atoms with Crippen molar-refractivity contribution in [2.75, 3.05) is 5.32 Å². The molecule has 1 N–H and O–H groups in total. The molecule has 1 aliphatic rings. The summed E-state index contributed by atoms with van der Waals surface area (Å²) >= 11 is 3.46. The van der Waals surface area contributed by atoms with Gasteiger partial charge in [0.2, 0.25) is 5.88 Å². The van der Waals surface area contributed by atoms with Gasteiger partial charge in [-0.15, -0.1) is 0 Å². The first kappa shape index (κ1) is 19.9. The van der Waals surface area contributed by atoms with Gasteiger partial charge in [0.05, 0.1) is 21.5 Å². The van der Waals surface area contributed by atoms with Gasteiger partial charge in [0.1, 0.15) is 23.6 Å². The quantitative estimate of drug-likeness (QED) is 0.490. The van der Waals surface area contributed by atoms with E-state index in [1.807, 2.05) is 0 Å². The van der Waals surface area contributed by atoms with Crippen LogP contribution in [0.25, 0.3) is 11.0 Å². The Bertz CT molecular complexity index is 1080. The van der Waals surface area contributed by atoms with Crippen LogP contribution in [0.2, 0.25) is 0 Å². The van der Waals surface area contributed by atoms with E-state index in [0.29, 0.717) is 33.0 Å². The van der Waals surface area contributed by atoms with Crippen LogP contribution < -0.4 is 10.1 Å². The minimum atomic E-state index is -2.88. The number of ether oxygens (including phenoxy) is 1. The van der Waals surface area contributed by atoms with E-state index in [1.165, 1.54) is 12.1 Å². The second-order valence-corrected chi connectivity index (χ2v) is 7.85. The first-order valence-corrected chi connectivity index (χ1v) is 9.97. The molecule has 152 valence electrons. The molecule has 1 fully saturated rings. The number of alkyl halides is 2. The van der Waals surface area contributed by atoms with Gasteiger partial charge in [-0.25, -0.2) is 23.1 Å². The number of halogens is 4. The highest BCUT2D eigenvalue weighted by atomic mass is 79.9. The van der Waals surface area contributed by atoms with Crippen molar-refractivity contribution in [3.63, 3.8) is 0 Å². The maximum atomic E-state index is 14.5. The van der Waals surface area contributed by atoms with Gasteiger partial charge in [0, 0.05) is 5.56 Å². The van der Waals surface area contributed by atoms with Crippen LogP contribution in [0, 0.1) is 12.7 Å². The summed E-state index contributed by atoms with van der Waals surface area (Å²) in [7, 11) is 0. The van der Waals surface area contributed by atoms with E-state index in [2.05, 4.69) is 36.2 Å². The number of aryl methyl sites for hydroxylation is 1. The zero-order valence-corrected chi connectivity index (χ0v) is 17.3. The fraction of sp³-hybridized carbons (Fsp3) is 0.350. The lowest BCUT2D eigenvalue weighted by atomic mass is 10.0. The molecule has 0 saturated heterocycles. The van der Waals surface area contributed by atoms with Crippen LogP contribution in [-0.4, -0.2) is 21.1 Å². The van der Waals surface area contributed by atoms with Crippen LogP contribution in [-0.2, 0) is 0 Å². The number of anilines is 1. The fourth-order valence-corrected chi connectivity index (χ4v) is 3.42. The Morgan fingerprint density at radius 3 is 2.59 bits per heavy atom. The van der Waals surface area contributed by atoms with E-state index < -0.39 is 23.8 Å². The molecule has 0 amide bonds. The number of aromatic nitrogens is 3. The highest BCUT2D eigenvalue weighted by molar-refractivity contribution is 9.10. The van der Waals surface area contributed by atoms with Crippen LogP contribution in [0.5, 0.6) is 5.88 Å². The van der Waals surface area contributed by atoms with Crippen molar-refractivity contribution < 1.29 is 17.9 Å². The van der Waals surface area contributed by atoms with Crippen LogP contribution >= 0.6 is 15.9 Å². The first-order chi connectivity index (χ1) is 13.8. The lowest BCUT2D eigenvalue weighted by Crippen LogP contribution is -2.12. The summed E-state index contributed by atoms with van der Waals surface area (Å²) in [5.41, 5.74) is -0.0491. The molecular formula is C20H18BrF3N4O. The molecule has 1 aromatic carbocycles. The highest BCUT2D eigenvalue weighted by Crippen LogP contribution is 2.35. The number of hydrogen-bond donors (Lipinski definition) is 1. The van der Waals surface area contributed by atoms with Gasteiger partial charge in [-0.1, -0.05) is 18.2 Å². The third-order valence-corrected chi connectivity index (χ3v) is 5.20. The molecule has 0 bridgehead atoms. The zero-order chi connectivity index (χ0) is 20.7. The van der Waals surface area contributed by atoms with E-state index in [9.17, 15) is 13.2 Å². The molecule has 2 heterocycles. The van der Waals surface area contributed by atoms with Gasteiger partial charge in [-0.05, 0) is 48.7 Å². The van der Waals surface area contributed by atoms with Crippen molar-refractivity contribution >= 4 is 32.8 Å². The summed E-state index contributed by atoms with van der Waals surface area (Å²) < 4.78 is 47.0. The molecule has 2 aromatic heterocycles. The average molecular weight is 467 g/mol. The van der Waals surface area contributed by atoms with Crippen molar-refractivity contribution in [2.24, 2.45) is 0 Å². The van der Waals surface area contributed by atoms with Crippen LogP contribution in [0.4, 0.5) is 19.0 Å². The van der Waals surface area contributed by atoms with Gasteiger partial charge in [-0.2, -0.15) is 4.98 Å². The monoisotopic (exact) mass is 466 g/mol. The third kappa shape index (κ3) is 4.14. The topological polar surface area (TPSA) is 59.9 Å². The summed E-state index contributed by atoms with van der Waals surface area (Å²) in [6.45, 7) is 3.41. The second kappa shape index (κ2) is 7.78. The maximum absolute atomic E-state index is 14.5. The average Bonchev–Trinajstić information content (AvgIpc) is 3.47. The zero-order valence-electron chi connectivity index (χ0n) is 15.7. The molecule has 5 nitrogen and oxygen atoms in total. The largest absolute Gasteiger partial charge is 0.473 e. The number of nitrogens with one attached hydrogen (secondary N) is 1. The minimum absolute atomic E-state index is 0.132. The Morgan fingerprint density at radius 2 is 1.90 bits per heavy atom. The predicted molar refractivity (Wildman–Crippen MR) is 107 cm³/mol. The fourth-order valence-electron chi connectivity index (χ4n) is 3.01. The number of benzene rings is 1. The summed E-state index contributed by atoms with van der Waals surface area (Å²) in [4.78, 5) is 13.2. The molecule has 0 radical (unpaired) electrons. The number of rotatable bonds is 6. The van der Waals surface area contributed by atoms with E-state index >= 15 is 0 Å². The van der Waals surface area contributed by atoms with E-state index in [0.717, 1.165) is 18.9 Å². The molecule has 1 saturated carbocycles. The number of hydrogen-bond acceptors (Lipinski definition) is 5. The molecular weight excluding hydrogens is 449 g/mol. The lowest BCUT2D eigenvalue weighted by Gasteiger charge is -2.19. The number of nitrogens with zero attached hydrogens (tertiary/aromatic N) is 3. The molecule has 1 atom stereocenters. The molecule has 0 unspecified atom stereocenters. The predicted octanol–water partition coefficient (Wildman–Crippen LogP) is 5.89. The summed E-state index contributed by atoms with van der Waals surface area (Å²) in [6, 6.07) is 5.17. The Labute approximate surface area is 173 Å². The Morgan fingerprint density at radius 1 is 1.17 bits per heavy atom. The number of pyridine rings is 1. The Kier molecular flexibility index (Phi) is 5.33. The minimum Gasteiger partial charge on any atom is -0.473 e. The highest BCUT2D eigenvalue weighted by Gasteiger charge is 2.26. The van der Waals surface area contributed by atoms with Crippen LogP contribution in [0.1, 0.15) is 49.2 Å². The van der Waals surface area contributed by atoms with E-state index in [-0.39, 0.29) is 11.7 Å². The molecule has 0 spiro atoms. The molecule has 4 rings (SSSR count). The van der Waals surface area contributed by atoms with Gasteiger partial charge in [-0.3, -0.25) is 0 Å². The second-order valence-electron chi connectivity index (χ2n) is 7.00. The van der Waals surface area contributed by atoms with Crippen molar-refractivity contribution in [3.8, 4) is 5.88 Å². The van der Waals surface area contributed by atoms with Gasteiger partial charge in [0.25, 0.3) is 6.43 Å². The standard InChI is InChI=1S/C20H18BrF3N4O/c1-9(12-4-3-5-13(16(12)22)17(23)24)25-18-14-8-15(21)20(29-11-6-7-11)28-19(14)27-10(2)26-18/h3-5,8-9,11,17H,6-7H2,1-2H3,(H,25,26,27,28)/t9-/m1/s1. The van der Waals surface area contributed by atoms with Crippen LogP contribution in [0.3, 0.4) is 0 Å². The van der Waals surface area contributed by atoms with Crippen molar-refractivity contribution in [1.82, 2.24) is 15.0 Å². The smallest absolute Gasteiger partial charge is 0.266 e. The normalized spacial score (nSPS) is 15.0. The molecule has 3 aromatic rings. The molecule has 1 aliphatic carbocycles. The van der Waals surface area contributed by atoms with Crippen LogP contribution in [0.15, 0.2) is 28.7 Å². The Hall–Kier alpha value is -2.42. The van der Waals surface area contributed by atoms with Gasteiger partial charge in [0.15, 0.2) is 5.65 Å².